The van der Waals surface area contributed by atoms with Crippen LogP contribution in [-0.4, -0.2) is 57.1 Å². The van der Waals surface area contributed by atoms with Gasteiger partial charge in [-0.2, -0.15) is 5.10 Å². The van der Waals surface area contributed by atoms with Gasteiger partial charge in [-0.25, -0.2) is 23.3 Å². The SMILES string of the molecule is COc1cc2nc(CO)c(-c3ccc(F)c(NC4CNCC[C@H]4F)n3)n2nc1C1CC1. The first kappa shape index (κ1) is 20.1. The molecule has 0 aromatic carbocycles. The average molecular weight is 430 g/mol. The molecule has 5 rings (SSSR count). The second-order valence-corrected chi connectivity index (χ2v) is 7.99. The van der Waals surface area contributed by atoms with Gasteiger partial charge < -0.3 is 20.5 Å². The molecule has 4 heterocycles. The summed E-state index contributed by atoms with van der Waals surface area (Å²) in [6.07, 6.45) is 1.34. The summed E-state index contributed by atoms with van der Waals surface area (Å²) in [4.78, 5) is 8.87. The molecule has 3 N–H and O–H groups in total. The molecule has 3 aromatic heterocycles. The fourth-order valence-electron chi connectivity index (χ4n) is 4.01. The van der Waals surface area contributed by atoms with Gasteiger partial charge in [-0.1, -0.05) is 0 Å². The number of piperidine rings is 1. The van der Waals surface area contributed by atoms with E-state index in [0.29, 0.717) is 53.9 Å². The Morgan fingerprint density at radius 2 is 2.13 bits per heavy atom. The van der Waals surface area contributed by atoms with Crippen LogP contribution in [0.5, 0.6) is 5.75 Å². The number of aliphatic hydroxyl groups is 1. The Balaban J connectivity index is 1.59. The van der Waals surface area contributed by atoms with Crippen molar-refractivity contribution in [3.63, 3.8) is 0 Å². The Morgan fingerprint density at radius 3 is 2.84 bits per heavy atom. The third-order valence-electron chi connectivity index (χ3n) is 5.81. The van der Waals surface area contributed by atoms with Gasteiger partial charge in [0.1, 0.15) is 23.3 Å². The minimum Gasteiger partial charge on any atom is -0.495 e. The smallest absolute Gasteiger partial charge is 0.165 e. The van der Waals surface area contributed by atoms with Gasteiger partial charge in [0.25, 0.3) is 0 Å². The van der Waals surface area contributed by atoms with E-state index in [2.05, 4.69) is 20.6 Å². The first-order valence-electron chi connectivity index (χ1n) is 10.4. The van der Waals surface area contributed by atoms with Crippen LogP contribution >= 0.6 is 0 Å². The lowest BCUT2D eigenvalue weighted by Crippen LogP contribution is -2.46. The van der Waals surface area contributed by atoms with Crippen molar-refractivity contribution in [3.8, 4) is 17.1 Å². The number of hydrogen-bond donors (Lipinski definition) is 3. The zero-order valence-electron chi connectivity index (χ0n) is 17.1. The molecule has 1 aliphatic heterocycles. The maximum atomic E-state index is 14.5. The minimum atomic E-state index is -1.09. The van der Waals surface area contributed by atoms with Crippen molar-refractivity contribution in [2.24, 2.45) is 0 Å². The highest BCUT2D eigenvalue weighted by molar-refractivity contribution is 5.66. The van der Waals surface area contributed by atoms with E-state index < -0.39 is 18.0 Å². The monoisotopic (exact) mass is 430 g/mol. The molecule has 0 spiro atoms. The molecule has 1 saturated carbocycles. The quantitative estimate of drug-likeness (QED) is 0.553. The molecule has 2 atom stereocenters. The summed E-state index contributed by atoms with van der Waals surface area (Å²) in [5.41, 5.74) is 2.56. The van der Waals surface area contributed by atoms with Crippen LogP contribution in [0.1, 0.15) is 36.6 Å². The first-order chi connectivity index (χ1) is 15.1. The fourth-order valence-corrected chi connectivity index (χ4v) is 4.01. The van der Waals surface area contributed by atoms with Crippen molar-refractivity contribution in [2.45, 2.75) is 44.0 Å². The van der Waals surface area contributed by atoms with Crippen LogP contribution in [0.2, 0.25) is 0 Å². The van der Waals surface area contributed by atoms with Crippen molar-refractivity contribution in [1.82, 2.24) is 24.9 Å². The largest absolute Gasteiger partial charge is 0.495 e. The number of ether oxygens (including phenoxy) is 1. The summed E-state index contributed by atoms with van der Waals surface area (Å²) in [6.45, 7) is 0.645. The Hall–Kier alpha value is -2.85. The summed E-state index contributed by atoms with van der Waals surface area (Å²) in [6, 6.07) is 4.00. The second-order valence-electron chi connectivity index (χ2n) is 7.99. The van der Waals surface area contributed by atoms with E-state index in [1.165, 1.54) is 12.1 Å². The highest BCUT2D eigenvalue weighted by Gasteiger charge is 2.31. The van der Waals surface area contributed by atoms with Crippen LogP contribution in [0.15, 0.2) is 18.2 Å². The lowest BCUT2D eigenvalue weighted by Gasteiger charge is -2.28. The number of hydrogen-bond acceptors (Lipinski definition) is 7. The molecule has 0 radical (unpaired) electrons. The van der Waals surface area contributed by atoms with Crippen molar-refractivity contribution in [1.29, 1.82) is 0 Å². The van der Waals surface area contributed by atoms with E-state index in [-0.39, 0.29) is 12.4 Å². The van der Waals surface area contributed by atoms with Crippen LogP contribution < -0.4 is 15.4 Å². The summed E-state index contributed by atoms with van der Waals surface area (Å²) >= 11 is 0. The summed E-state index contributed by atoms with van der Waals surface area (Å²) in [7, 11) is 1.59. The summed E-state index contributed by atoms with van der Waals surface area (Å²) < 4.78 is 35.8. The zero-order chi connectivity index (χ0) is 21.5. The van der Waals surface area contributed by atoms with E-state index in [1.54, 1.807) is 17.7 Å². The molecule has 1 unspecified atom stereocenters. The van der Waals surface area contributed by atoms with Gasteiger partial charge in [0, 0.05) is 18.5 Å². The molecular formula is C21H24F2N6O2. The number of rotatable bonds is 6. The number of halogens is 2. The molecule has 8 nitrogen and oxygen atoms in total. The molecular weight excluding hydrogens is 406 g/mol. The predicted molar refractivity (Wildman–Crippen MR) is 110 cm³/mol. The average Bonchev–Trinajstić information content (AvgIpc) is 3.56. The van der Waals surface area contributed by atoms with E-state index in [4.69, 9.17) is 9.84 Å². The summed E-state index contributed by atoms with van der Waals surface area (Å²) in [5.74, 6) is 0.368. The maximum Gasteiger partial charge on any atom is 0.165 e. The Morgan fingerprint density at radius 1 is 1.29 bits per heavy atom. The number of nitrogens with one attached hydrogen (secondary N) is 2. The molecule has 10 heteroatoms. The number of methoxy groups -OCH3 is 1. The van der Waals surface area contributed by atoms with Crippen molar-refractivity contribution < 1.29 is 18.6 Å². The van der Waals surface area contributed by atoms with Gasteiger partial charge in [-0.3, -0.25) is 0 Å². The minimum absolute atomic E-state index is 0.0383. The number of imidazole rings is 1. The normalized spacial score (nSPS) is 21.4. The highest BCUT2D eigenvalue weighted by Crippen LogP contribution is 2.43. The van der Waals surface area contributed by atoms with Gasteiger partial charge in [0.05, 0.1) is 31.1 Å². The van der Waals surface area contributed by atoms with Gasteiger partial charge in [0.15, 0.2) is 17.3 Å². The van der Waals surface area contributed by atoms with Crippen LogP contribution in [-0.2, 0) is 6.61 Å². The molecule has 3 aromatic rings. The number of nitrogens with zero attached hydrogens (tertiary/aromatic N) is 4. The Kier molecular flexibility index (Phi) is 5.19. The Labute approximate surface area is 177 Å². The molecule has 31 heavy (non-hydrogen) atoms. The number of fused-ring (bicyclic) bond motifs is 1. The van der Waals surface area contributed by atoms with Crippen molar-refractivity contribution in [3.05, 3.63) is 35.4 Å². The lowest BCUT2D eigenvalue weighted by atomic mass is 10.1. The lowest BCUT2D eigenvalue weighted by molar-refractivity contribution is 0.240. The van der Waals surface area contributed by atoms with Gasteiger partial charge in [-0.05, 0) is 37.9 Å². The van der Waals surface area contributed by atoms with E-state index in [9.17, 15) is 13.9 Å². The van der Waals surface area contributed by atoms with Gasteiger partial charge >= 0.3 is 0 Å². The second kappa shape index (κ2) is 8.01. The van der Waals surface area contributed by atoms with Gasteiger partial charge in [0.2, 0.25) is 0 Å². The van der Waals surface area contributed by atoms with E-state index in [0.717, 1.165) is 18.5 Å². The molecule has 2 aliphatic rings. The van der Waals surface area contributed by atoms with Gasteiger partial charge in [-0.15, -0.1) is 0 Å². The van der Waals surface area contributed by atoms with Crippen LogP contribution in [0.4, 0.5) is 14.6 Å². The number of alkyl halides is 1. The number of pyridine rings is 1. The number of anilines is 1. The Bertz CT molecular complexity index is 1120. The molecule has 1 saturated heterocycles. The van der Waals surface area contributed by atoms with Crippen LogP contribution in [0, 0.1) is 5.82 Å². The van der Waals surface area contributed by atoms with Crippen molar-refractivity contribution >= 4 is 11.5 Å². The molecule has 164 valence electrons. The molecule has 0 amide bonds. The number of aliphatic hydroxyl groups excluding tert-OH is 1. The predicted octanol–water partition coefficient (Wildman–Crippen LogP) is 2.42. The molecule has 1 aliphatic carbocycles. The first-order valence-corrected chi connectivity index (χ1v) is 10.4. The third kappa shape index (κ3) is 3.70. The number of aromatic nitrogens is 4. The maximum absolute atomic E-state index is 14.5. The standard InChI is InChI=1S/C21H24F2N6O2/c1-31-17-8-18-25-16(10-30)20(29(18)28-19(17)11-2-3-11)14-5-4-13(23)21(26-14)27-15-9-24-7-6-12(15)22/h4-5,8,11-12,15,24,30H,2-3,6-7,9-10H2,1H3,(H,26,27)/t12-,15?/m1/s1. The summed E-state index contributed by atoms with van der Waals surface area (Å²) in [5, 5.41) is 20.6. The highest BCUT2D eigenvalue weighted by atomic mass is 19.1. The fraction of sp³-hybridized carbons (Fsp3) is 0.476. The third-order valence-corrected chi connectivity index (χ3v) is 5.81. The van der Waals surface area contributed by atoms with E-state index in [1.807, 2.05) is 0 Å². The van der Waals surface area contributed by atoms with Crippen LogP contribution in [0.3, 0.4) is 0 Å². The van der Waals surface area contributed by atoms with Crippen LogP contribution in [0.25, 0.3) is 17.0 Å². The zero-order valence-corrected chi connectivity index (χ0v) is 17.1. The van der Waals surface area contributed by atoms with Crippen molar-refractivity contribution in [2.75, 3.05) is 25.5 Å². The molecule has 2 fully saturated rings. The topological polar surface area (TPSA) is 96.6 Å². The molecule has 0 bridgehead atoms. The van der Waals surface area contributed by atoms with E-state index >= 15 is 0 Å².